The first-order valence-electron chi connectivity index (χ1n) is 5.81. The normalized spacial score (nSPS) is 16.8. The smallest absolute Gasteiger partial charge is 0.306 e. The molecule has 0 aromatic rings. The molecule has 0 fully saturated rings. The third kappa shape index (κ3) is 4.66. The SMILES string of the molecule is COC(CNC(=O)C1=NN(C)C(=O)CC1)CC(=O)O. The van der Waals surface area contributed by atoms with Gasteiger partial charge in [0.15, 0.2) is 0 Å². The third-order valence-corrected chi connectivity index (χ3v) is 2.70. The zero-order chi connectivity index (χ0) is 14.4. The van der Waals surface area contributed by atoms with Crippen LogP contribution in [0.3, 0.4) is 0 Å². The molecular weight excluding hydrogens is 254 g/mol. The van der Waals surface area contributed by atoms with E-state index >= 15 is 0 Å². The first kappa shape index (κ1) is 15.1. The van der Waals surface area contributed by atoms with Gasteiger partial charge in [-0.1, -0.05) is 0 Å². The molecule has 106 valence electrons. The Morgan fingerprint density at radius 1 is 1.53 bits per heavy atom. The highest BCUT2D eigenvalue weighted by atomic mass is 16.5. The summed E-state index contributed by atoms with van der Waals surface area (Å²) in [6.07, 6.45) is -0.260. The van der Waals surface area contributed by atoms with Crippen LogP contribution < -0.4 is 5.32 Å². The van der Waals surface area contributed by atoms with Crippen molar-refractivity contribution < 1.29 is 24.2 Å². The van der Waals surface area contributed by atoms with Crippen LogP contribution in [-0.4, -0.2) is 60.4 Å². The van der Waals surface area contributed by atoms with Gasteiger partial charge in [-0.05, 0) is 0 Å². The van der Waals surface area contributed by atoms with E-state index in [0.29, 0.717) is 0 Å². The van der Waals surface area contributed by atoms with E-state index in [2.05, 4.69) is 10.4 Å². The molecular formula is C11H17N3O5. The maximum absolute atomic E-state index is 11.8. The molecule has 0 aliphatic carbocycles. The van der Waals surface area contributed by atoms with E-state index in [1.165, 1.54) is 14.2 Å². The molecule has 2 N–H and O–H groups in total. The van der Waals surface area contributed by atoms with Gasteiger partial charge in [0.1, 0.15) is 5.71 Å². The number of amides is 2. The summed E-state index contributed by atoms with van der Waals surface area (Å²) in [6, 6.07) is 0. The summed E-state index contributed by atoms with van der Waals surface area (Å²) in [5.41, 5.74) is 0.257. The lowest BCUT2D eigenvalue weighted by molar-refractivity contribution is -0.140. The first-order valence-corrected chi connectivity index (χ1v) is 5.81. The Bertz CT molecular complexity index is 407. The summed E-state index contributed by atoms with van der Waals surface area (Å²) in [6.45, 7) is 0.0817. The van der Waals surface area contributed by atoms with Crippen molar-refractivity contribution in [3.8, 4) is 0 Å². The molecule has 0 aromatic carbocycles. The molecule has 0 bridgehead atoms. The molecule has 1 unspecified atom stereocenters. The van der Waals surface area contributed by atoms with E-state index in [1.807, 2.05) is 0 Å². The fraction of sp³-hybridized carbons (Fsp3) is 0.636. The van der Waals surface area contributed by atoms with Gasteiger partial charge in [-0.3, -0.25) is 14.4 Å². The molecule has 1 rings (SSSR count). The fourth-order valence-corrected chi connectivity index (χ4v) is 1.58. The van der Waals surface area contributed by atoms with Crippen molar-refractivity contribution >= 4 is 23.5 Å². The summed E-state index contributed by atoms with van der Waals surface area (Å²) in [4.78, 5) is 33.5. The largest absolute Gasteiger partial charge is 0.481 e. The highest BCUT2D eigenvalue weighted by molar-refractivity contribution is 6.39. The second-order valence-electron chi connectivity index (χ2n) is 4.13. The average molecular weight is 271 g/mol. The van der Waals surface area contributed by atoms with Gasteiger partial charge in [0.2, 0.25) is 5.91 Å². The minimum atomic E-state index is -0.999. The molecule has 0 radical (unpaired) electrons. The molecule has 1 atom stereocenters. The Kier molecular flexibility index (Phi) is 5.43. The van der Waals surface area contributed by atoms with Crippen molar-refractivity contribution in [3.05, 3.63) is 0 Å². The summed E-state index contributed by atoms with van der Waals surface area (Å²) in [5.74, 6) is -1.55. The molecule has 19 heavy (non-hydrogen) atoms. The monoisotopic (exact) mass is 271 g/mol. The van der Waals surface area contributed by atoms with Gasteiger partial charge < -0.3 is 15.2 Å². The van der Waals surface area contributed by atoms with Crippen LogP contribution in [0.5, 0.6) is 0 Å². The number of carboxylic acids is 1. The molecule has 0 saturated carbocycles. The second-order valence-corrected chi connectivity index (χ2v) is 4.13. The summed E-state index contributed by atoms with van der Waals surface area (Å²) in [7, 11) is 2.86. The summed E-state index contributed by atoms with van der Waals surface area (Å²) in [5, 5.41) is 16.2. The first-order chi connectivity index (χ1) is 8.93. The van der Waals surface area contributed by atoms with E-state index in [9.17, 15) is 14.4 Å². The molecule has 1 heterocycles. The molecule has 1 aliphatic rings. The van der Waals surface area contributed by atoms with Crippen LogP contribution in [0.25, 0.3) is 0 Å². The number of carbonyl (C=O) groups is 3. The van der Waals surface area contributed by atoms with Gasteiger partial charge >= 0.3 is 5.97 Å². The van der Waals surface area contributed by atoms with E-state index < -0.39 is 18.0 Å². The maximum atomic E-state index is 11.8. The number of hydrazone groups is 1. The van der Waals surface area contributed by atoms with Crippen LogP contribution in [0.1, 0.15) is 19.3 Å². The van der Waals surface area contributed by atoms with Crippen LogP contribution in [0.4, 0.5) is 0 Å². The Hall–Kier alpha value is -1.96. The zero-order valence-corrected chi connectivity index (χ0v) is 10.9. The standard InChI is InChI=1S/C11H17N3O5/c1-14-9(15)4-3-8(13-14)11(18)12-6-7(19-2)5-10(16)17/h7H,3-6H2,1-2H3,(H,12,18)(H,16,17). The lowest BCUT2D eigenvalue weighted by atomic mass is 10.1. The number of hydrogen-bond acceptors (Lipinski definition) is 5. The Balaban J connectivity index is 2.49. The zero-order valence-electron chi connectivity index (χ0n) is 10.9. The van der Waals surface area contributed by atoms with Crippen molar-refractivity contribution in [2.75, 3.05) is 20.7 Å². The van der Waals surface area contributed by atoms with Crippen molar-refractivity contribution in [1.29, 1.82) is 0 Å². The molecule has 0 spiro atoms. The Morgan fingerprint density at radius 3 is 2.74 bits per heavy atom. The van der Waals surface area contributed by atoms with Crippen molar-refractivity contribution in [3.63, 3.8) is 0 Å². The summed E-state index contributed by atoms with van der Waals surface area (Å²) < 4.78 is 4.94. The summed E-state index contributed by atoms with van der Waals surface area (Å²) >= 11 is 0. The van der Waals surface area contributed by atoms with Crippen LogP contribution in [0, 0.1) is 0 Å². The second kappa shape index (κ2) is 6.83. The van der Waals surface area contributed by atoms with Crippen molar-refractivity contribution in [2.24, 2.45) is 5.10 Å². The van der Waals surface area contributed by atoms with Crippen molar-refractivity contribution in [1.82, 2.24) is 10.3 Å². The number of carboxylic acid groups (broad SMARTS) is 1. The number of ether oxygens (including phenoxy) is 1. The fourth-order valence-electron chi connectivity index (χ4n) is 1.58. The van der Waals surface area contributed by atoms with Crippen LogP contribution in [-0.2, 0) is 19.1 Å². The Morgan fingerprint density at radius 2 is 2.21 bits per heavy atom. The quantitative estimate of drug-likeness (QED) is 0.657. The van der Waals surface area contributed by atoms with Gasteiger partial charge in [0.05, 0.1) is 12.5 Å². The minimum Gasteiger partial charge on any atom is -0.481 e. The predicted molar refractivity (Wildman–Crippen MR) is 65.5 cm³/mol. The van der Waals surface area contributed by atoms with Crippen molar-refractivity contribution in [2.45, 2.75) is 25.4 Å². The molecule has 0 aromatic heterocycles. The number of aliphatic carboxylic acids is 1. The van der Waals surface area contributed by atoms with E-state index in [1.54, 1.807) is 0 Å². The van der Waals surface area contributed by atoms with Gasteiger partial charge in [0, 0.05) is 33.5 Å². The topological polar surface area (TPSA) is 108 Å². The number of carbonyl (C=O) groups excluding carboxylic acids is 2. The molecule has 8 nitrogen and oxygen atoms in total. The van der Waals surface area contributed by atoms with Crippen LogP contribution in [0.15, 0.2) is 5.10 Å². The molecule has 2 amide bonds. The highest BCUT2D eigenvalue weighted by Gasteiger charge is 2.22. The number of methoxy groups -OCH3 is 1. The molecule has 1 aliphatic heterocycles. The van der Waals surface area contributed by atoms with E-state index in [4.69, 9.17) is 9.84 Å². The highest BCUT2D eigenvalue weighted by Crippen LogP contribution is 2.07. The van der Waals surface area contributed by atoms with E-state index in [0.717, 1.165) is 5.01 Å². The lowest BCUT2D eigenvalue weighted by Gasteiger charge is -2.20. The lowest BCUT2D eigenvalue weighted by Crippen LogP contribution is -2.41. The maximum Gasteiger partial charge on any atom is 0.306 e. The van der Waals surface area contributed by atoms with E-state index in [-0.39, 0.29) is 37.4 Å². The van der Waals surface area contributed by atoms with Gasteiger partial charge in [-0.25, -0.2) is 5.01 Å². The van der Waals surface area contributed by atoms with Crippen LogP contribution in [0.2, 0.25) is 0 Å². The van der Waals surface area contributed by atoms with Gasteiger partial charge in [-0.2, -0.15) is 5.10 Å². The predicted octanol–water partition coefficient (Wildman–Crippen LogP) is -0.799. The molecule has 0 saturated heterocycles. The average Bonchev–Trinajstić information content (AvgIpc) is 2.36. The number of nitrogens with zero attached hydrogens (tertiary/aromatic N) is 2. The minimum absolute atomic E-state index is 0.0817. The Labute approximate surface area is 110 Å². The number of nitrogens with one attached hydrogen (secondary N) is 1. The van der Waals surface area contributed by atoms with Gasteiger partial charge in [-0.15, -0.1) is 0 Å². The number of hydrogen-bond donors (Lipinski definition) is 2. The van der Waals surface area contributed by atoms with Gasteiger partial charge in [0.25, 0.3) is 5.91 Å². The number of rotatable bonds is 6. The van der Waals surface area contributed by atoms with Crippen LogP contribution >= 0.6 is 0 Å². The third-order valence-electron chi connectivity index (χ3n) is 2.70. The molecule has 8 heteroatoms.